The summed E-state index contributed by atoms with van der Waals surface area (Å²) in [6.45, 7) is 3.45. The van der Waals surface area contributed by atoms with Crippen LogP contribution in [0.25, 0.3) is 0 Å². The molecule has 0 radical (unpaired) electrons. The normalized spacial score (nSPS) is 15.5. The smallest absolute Gasteiger partial charge is 0.251 e. The lowest BCUT2D eigenvalue weighted by Crippen LogP contribution is -2.44. The van der Waals surface area contributed by atoms with E-state index in [9.17, 15) is 9.59 Å². The molecule has 1 aliphatic rings. The molecular weight excluding hydrogens is 348 g/mol. The first-order chi connectivity index (χ1) is 13.7. The lowest BCUT2D eigenvalue weighted by atomic mass is 9.87. The molecule has 0 saturated carbocycles. The highest BCUT2D eigenvalue weighted by molar-refractivity contribution is 5.94. The first kappa shape index (κ1) is 20.1. The molecule has 0 saturated heterocycles. The van der Waals surface area contributed by atoms with Crippen molar-refractivity contribution >= 4 is 11.8 Å². The largest absolute Gasteiger partial charge is 0.352 e. The number of nitrogens with one attached hydrogen (secondary N) is 1. The van der Waals surface area contributed by atoms with Crippen molar-refractivity contribution in [1.29, 1.82) is 0 Å². The number of hydrogen-bond donors (Lipinski definition) is 1. The Balaban J connectivity index is 1.49. The molecule has 1 aliphatic carbocycles. The van der Waals surface area contributed by atoms with Gasteiger partial charge in [0, 0.05) is 31.1 Å². The van der Waals surface area contributed by atoms with Crippen molar-refractivity contribution in [3.63, 3.8) is 0 Å². The van der Waals surface area contributed by atoms with Gasteiger partial charge in [-0.3, -0.25) is 9.59 Å². The fraction of sp³-hybridized carbons (Fsp3) is 0.417. The van der Waals surface area contributed by atoms with Gasteiger partial charge in [0.25, 0.3) is 5.91 Å². The quantitative estimate of drug-likeness (QED) is 0.706. The van der Waals surface area contributed by atoms with E-state index >= 15 is 0 Å². The van der Waals surface area contributed by atoms with Gasteiger partial charge in [-0.05, 0) is 55.4 Å². The summed E-state index contributed by atoms with van der Waals surface area (Å²) >= 11 is 0. The maximum atomic E-state index is 12.9. The summed E-state index contributed by atoms with van der Waals surface area (Å²) in [5.41, 5.74) is 3.45. The zero-order valence-electron chi connectivity index (χ0n) is 16.7. The highest BCUT2D eigenvalue weighted by Crippen LogP contribution is 2.25. The zero-order valence-corrected chi connectivity index (χ0v) is 16.7. The van der Waals surface area contributed by atoms with Crippen LogP contribution in [0.4, 0.5) is 0 Å². The molecule has 148 valence electrons. The molecule has 3 rings (SSSR count). The molecule has 0 aromatic heterocycles. The van der Waals surface area contributed by atoms with Gasteiger partial charge in [-0.25, -0.2) is 0 Å². The average Bonchev–Trinajstić information content (AvgIpc) is 2.75. The standard InChI is InChI=1S/C24H30N2O2/c1-2-17-26(22-15-14-19-9-6-7-12-21(19)18-22)23(27)13-8-16-25-24(28)20-10-4-3-5-11-20/h3-7,9-12,22H,2,8,13-18H2,1H3,(H,25,28). The summed E-state index contributed by atoms with van der Waals surface area (Å²) in [6.07, 6.45) is 5.14. The van der Waals surface area contributed by atoms with E-state index in [-0.39, 0.29) is 11.8 Å². The molecule has 2 aromatic rings. The third-order valence-electron chi connectivity index (χ3n) is 5.44. The molecule has 0 heterocycles. The Morgan fingerprint density at radius 3 is 2.50 bits per heavy atom. The van der Waals surface area contributed by atoms with Gasteiger partial charge in [-0.1, -0.05) is 49.4 Å². The predicted molar refractivity (Wildman–Crippen MR) is 112 cm³/mol. The number of aryl methyl sites for hydroxylation is 1. The first-order valence-electron chi connectivity index (χ1n) is 10.4. The Bertz CT molecular complexity index is 788. The number of amides is 2. The fourth-order valence-corrected chi connectivity index (χ4v) is 3.97. The Morgan fingerprint density at radius 1 is 1.04 bits per heavy atom. The number of hydrogen-bond acceptors (Lipinski definition) is 2. The Kier molecular flexibility index (Phi) is 7.24. The van der Waals surface area contributed by atoms with E-state index < -0.39 is 0 Å². The summed E-state index contributed by atoms with van der Waals surface area (Å²) in [5.74, 6) is 0.127. The van der Waals surface area contributed by atoms with Crippen LogP contribution in [-0.4, -0.2) is 35.8 Å². The van der Waals surface area contributed by atoms with Gasteiger partial charge < -0.3 is 10.2 Å². The van der Waals surface area contributed by atoms with Crippen molar-refractivity contribution in [2.24, 2.45) is 0 Å². The number of carbonyl (C=O) groups is 2. The molecule has 0 aliphatic heterocycles. The van der Waals surface area contributed by atoms with Crippen LogP contribution in [0.3, 0.4) is 0 Å². The first-order valence-corrected chi connectivity index (χ1v) is 10.4. The molecular formula is C24H30N2O2. The van der Waals surface area contributed by atoms with Gasteiger partial charge in [0.1, 0.15) is 0 Å². The number of benzene rings is 2. The van der Waals surface area contributed by atoms with Crippen LogP contribution in [0.1, 0.15) is 54.1 Å². The van der Waals surface area contributed by atoms with E-state index in [2.05, 4.69) is 41.4 Å². The van der Waals surface area contributed by atoms with Crippen LogP contribution in [-0.2, 0) is 17.6 Å². The van der Waals surface area contributed by atoms with Crippen molar-refractivity contribution in [2.45, 2.75) is 51.5 Å². The van der Waals surface area contributed by atoms with E-state index in [1.807, 2.05) is 18.2 Å². The molecule has 1 unspecified atom stereocenters. The second-order valence-electron chi connectivity index (χ2n) is 7.48. The number of carbonyl (C=O) groups excluding carboxylic acids is 2. The molecule has 2 aromatic carbocycles. The molecule has 2 amide bonds. The molecule has 0 fully saturated rings. The minimum Gasteiger partial charge on any atom is -0.352 e. The summed E-state index contributed by atoms with van der Waals surface area (Å²) in [6, 6.07) is 18.0. The Hall–Kier alpha value is -2.62. The maximum absolute atomic E-state index is 12.9. The van der Waals surface area contributed by atoms with Gasteiger partial charge in [0.05, 0.1) is 0 Å². The minimum absolute atomic E-state index is 0.0812. The van der Waals surface area contributed by atoms with E-state index in [4.69, 9.17) is 0 Å². The van der Waals surface area contributed by atoms with Gasteiger partial charge >= 0.3 is 0 Å². The van der Waals surface area contributed by atoms with Gasteiger partial charge in [-0.15, -0.1) is 0 Å². The van der Waals surface area contributed by atoms with Crippen LogP contribution >= 0.6 is 0 Å². The van der Waals surface area contributed by atoms with Crippen LogP contribution in [0.5, 0.6) is 0 Å². The second kappa shape index (κ2) is 10.1. The summed E-state index contributed by atoms with van der Waals surface area (Å²) in [4.78, 5) is 27.0. The highest BCUT2D eigenvalue weighted by Gasteiger charge is 2.26. The molecule has 0 spiro atoms. The van der Waals surface area contributed by atoms with Crippen molar-refractivity contribution < 1.29 is 9.59 Å². The van der Waals surface area contributed by atoms with Crippen LogP contribution < -0.4 is 5.32 Å². The third kappa shape index (κ3) is 5.22. The molecule has 4 nitrogen and oxygen atoms in total. The second-order valence-corrected chi connectivity index (χ2v) is 7.48. The lowest BCUT2D eigenvalue weighted by Gasteiger charge is -2.35. The zero-order chi connectivity index (χ0) is 19.8. The van der Waals surface area contributed by atoms with Crippen molar-refractivity contribution in [1.82, 2.24) is 10.2 Å². The fourth-order valence-electron chi connectivity index (χ4n) is 3.97. The van der Waals surface area contributed by atoms with Crippen molar-refractivity contribution in [3.8, 4) is 0 Å². The predicted octanol–water partition coefficient (Wildman–Crippen LogP) is 3.99. The van der Waals surface area contributed by atoms with Gasteiger partial charge in [0.2, 0.25) is 5.91 Å². The van der Waals surface area contributed by atoms with E-state index in [1.54, 1.807) is 12.1 Å². The lowest BCUT2D eigenvalue weighted by molar-refractivity contribution is -0.134. The van der Waals surface area contributed by atoms with E-state index in [1.165, 1.54) is 11.1 Å². The van der Waals surface area contributed by atoms with Crippen LogP contribution in [0.2, 0.25) is 0 Å². The molecule has 1 atom stereocenters. The highest BCUT2D eigenvalue weighted by atomic mass is 16.2. The molecule has 0 bridgehead atoms. The van der Waals surface area contributed by atoms with Gasteiger partial charge in [-0.2, -0.15) is 0 Å². The third-order valence-corrected chi connectivity index (χ3v) is 5.44. The van der Waals surface area contributed by atoms with Crippen LogP contribution in [0.15, 0.2) is 54.6 Å². The summed E-state index contributed by atoms with van der Waals surface area (Å²) < 4.78 is 0. The maximum Gasteiger partial charge on any atom is 0.251 e. The molecule has 4 heteroatoms. The summed E-state index contributed by atoms with van der Waals surface area (Å²) in [7, 11) is 0. The van der Waals surface area contributed by atoms with Gasteiger partial charge in [0.15, 0.2) is 0 Å². The topological polar surface area (TPSA) is 49.4 Å². The van der Waals surface area contributed by atoms with Crippen LogP contribution in [0, 0.1) is 0 Å². The Labute approximate surface area is 167 Å². The number of fused-ring (bicyclic) bond motifs is 1. The number of rotatable bonds is 8. The number of nitrogens with zero attached hydrogens (tertiary/aromatic N) is 1. The summed E-state index contributed by atoms with van der Waals surface area (Å²) in [5, 5.41) is 2.91. The average molecular weight is 379 g/mol. The van der Waals surface area contributed by atoms with E-state index in [0.29, 0.717) is 31.0 Å². The molecule has 1 N–H and O–H groups in total. The minimum atomic E-state index is -0.0812. The van der Waals surface area contributed by atoms with Crippen molar-refractivity contribution in [3.05, 3.63) is 71.3 Å². The Morgan fingerprint density at radius 2 is 1.75 bits per heavy atom. The SMILES string of the molecule is CCCN(C(=O)CCCNC(=O)c1ccccc1)C1CCc2ccccc2C1. The van der Waals surface area contributed by atoms with Crippen molar-refractivity contribution in [2.75, 3.05) is 13.1 Å². The molecule has 28 heavy (non-hydrogen) atoms. The monoisotopic (exact) mass is 378 g/mol. The van der Waals surface area contributed by atoms with E-state index in [0.717, 1.165) is 32.2 Å².